The zero-order valence-corrected chi connectivity index (χ0v) is 15.1. The smallest absolute Gasteiger partial charge is 0.200 e. The number of phenols is 3. The molecule has 7 heteroatoms. The van der Waals surface area contributed by atoms with E-state index in [4.69, 9.17) is 18.9 Å². The van der Waals surface area contributed by atoms with Gasteiger partial charge in [0, 0.05) is 11.8 Å². The highest BCUT2D eigenvalue weighted by atomic mass is 16.5. The molecule has 144 valence electrons. The van der Waals surface area contributed by atoms with Gasteiger partial charge in [-0.1, -0.05) is 6.07 Å². The molecule has 2 fully saturated rings. The highest BCUT2D eigenvalue weighted by molar-refractivity contribution is 5.53. The van der Waals surface area contributed by atoms with Crippen LogP contribution in [0.1, 0.15) is 23.3 Å². The van der Waals surface area contributed by atoms with Crippen LogP contribution in [0, 0.1) is 11.8 Å². The van der Waals surface area contributed by atoms with Gasteiger partial charge in [0.15, 0.2) is 23.0 Å². The fraction of sp³-hybridized carbons (Fsp3) is 0.400. The number of ether oxygens (including phenoxy) is 4. The number of benzene rings is 2. The molecule has 2 aliphatic heterocycles. The van der Waals surface area contributed by atoms with Gasteiger partial charge in [-0.05, 0) is 35.4 Å². The van der Waals surface area contributed by atoms with Crippen molar-refractivity contribution in [2.45, 2.75) is 12.2 Å². The summed E-state index contributed by atoms with van der Waals surface area (Å²) in [5.74, 6) is 0.527. The summed E-state index contributed by atoms with van der Waals surface area (Å²) in [5, 5.41) is 29.4. The Balaban J connectivity index is 1.61. The summed E-state index contributed by atoms with van der Waals surface area (Å²) >= 11 is 0. The normalized spacial score (nSPS) is 26.7. The van der Waals surface area contributed by atoms with E-state index in [2.05, 4.69) is 0 Å². The fourth-order valence-corrected chi connectivity index (χ4v) is 4.03. The Kier molecular flexibility index (Phi) is 4.49. The van der Waals surface area contributed by atoms with Gasteiger partial charge in [0.1, 0.15) is 0 Å². The van der Waals surface area contributed by atoms with Gasteiger partial charge in [0.2, 0.25) is 5.75 Å². The average molecular weight is 374 g/mol. The van der Waals surface area contributed by atoms with Crippen LogP contribution in [0.5, 0.6) is 28.7 Å². The largest absolute Gasteiger partial charge is 0.504 e. The first-order chi connectivity index (χ1) is 13.0. The number of aromatic hydroxyl groups is 3. The van der Waals surface area contributed by atoms with Crippen LogP contribution in [-0.4, -0.2) is 42.8 Å². The lowest BCUT2D eigenvalue weighted by Gasteiger charge is -2.19. The van der Waals surface area contributed by atoms with E-state index in [0.717, 1.165) is 11.1 Å². The molecule has 2 aromatic rings. The fourth-order valence-electron chi connectivity index (χ4n) is 4.03. The molecular formula is C20H22O7. The first-order valence-corrected chi connectivity index (χ1v) is 8.73. The zero-order valence-electron chi connectivity index (χ0n) is 15.1. The summed E-state index contributed by atoms with van der Waals surface area (Å²) in [6, 6.07) is 8.25. The van der Waals surface area contributed by atoms with Crippen LogP contribution in [0.25, 0.3) is 0 Å². The number of hydrogen-bond donors (Lipinski definition) is 3. The third-order valence-electron chi connectivity index (χ3n) is 5.42. The van der Waals surface area contributed by atoms with Gasteiger partial charge >= 0.3 is 0 Å². The predicted octanol–water partition coefficient (Wildman–Crippen LogP) is 2.90. The minimum Gasteiger partial charge on any atom is -0.504 e. The topological polar surface area (TPSA) is 97.6 Å². The summed E-state index contributed by atoms with van der Waals surface area (Å²) in [7, 11) is 2.98. The van der Waals surface area contributed by atoms with Gasteiger partial charge in [-0.2, -0.15) is 0 Å². The summed E-state index contributed by atoms with van der Waals surface area (Å²) in [6.45, 7) is 1.01. The summed E-state index contributed by atoms with van der Waals surface area (Å²) in [4.78, 5) is 0. The third-order valence-corrected chi connectivity index (χ3v) is 5.42. The van der Waals surface area contributed by atoms with E-state index >= 15 is 0 Å². The van der Waals surface area contributed by atoms with Crippen molar-refractivity contribution < 1.29 is 34.3 Å². The van der Waals surface area contributed by atoms with Crippen LogP contribution in [0.4, 0.5) is 0 Å². The molecule has 27 heavy (non-hydrogen) atoms. The predicted molar refractivity (Wildman–Crippen MR) is 95.3 cm³/mol. The molecule has 0 aromatic heterocycles. The first kappa shape index (κ1) is 17.8. The molecule has 0 saturated carbocycles. The van der Waals surface area contributed by atoms with Crippen LogP contribution >= 0.6 is 0 Å². The van der Waals surface area contributed by atoms with Crippen LogP contribution in [-0.2, 0) is 9.47 Å². The Hall–Kier alpha value is -2.64. The van der Waals surface area contributed by atoms with Gasteiger partial charge in [-0.25, -0.2) is 0 Å². The van der Waals surface area contributed by atoms with Crippen molar-refractivity contribution in [3.05, 3.63) is 41.5 Å². The second-order valence-corrected chi connectivity index (χ2v) is 6.86. The van der Waals surface area contributed by atoms with E-state index in [1.54, 1.807) is 18.2 Å². The Morgan fingerprint density at radius 2 is 1.33 bits per heavy atom. The molecule has 4 rings (SSSR count). The SMILES string of the molecule is COc1cc(C2OC[C@@H]3C(c4ccc(O)c(O)c4)OC[C@H]23)cc(OC)c1O. The molecule has 3 N–H and O–H groups in total. The van der Waals surface area contributed by atoms with Crippen LogP contribution in [0.2, 0.25) is 0 Å². The van der Waals surface area contributed by atoms with E-state index in [0.29, 0.717) is 24.7 Å². The second kappa shape index (κ2) is 6.83. The molecule has 2 aliphatic rings. The van der Waals surface area contributed by atoms with E-state index in [1.807, 2.05) is 0 Å². The Morgan fingerprint density at radius 3 is 1.85 bits per heavy atom. The Morgan fingerprint density at radius 1 is 0.778 bits per heavy atom. The van der Waals surface area contributed by atoms with Crippen molar-refractivity contribution in [3.63, 3.8) is 0 Å². The molecule has 2 aromatic carbocycles. The van der Waals surface area contributed by atoms with Crippen LogP contribution in [0.15, 0.2) is 30.3 Å². The molecule has 0 amide bonds. The summed E-state index contributed by atoms with van der Waals surface area (Å²) < 4.78 is 22.6. The standard InChI is InChI=1S/C20H22O7/c1-24-16-6-11(7-17(25-2)18(16)23)20-13-9-26-19(12(13)8-27-20)10-3-4-14(21)15(22)5-10/h3-7,12-13,19-23H,8-9H2,1-2H3/t12-,13-,19?,20?/m0/s1. The van der Waals surface area contributed by atoms with Gasteiger partial charge in [-0.15, -0.1) is 0 Å². The van der Waals surface area contributed by atoms with Gasteiger partial charge in [0.25, 0.3) is 0 Å². The molecule has 0 aliphatic carbocycles. The lowest BCUT2D eigenvalue weighted by Crippen LogP contribution is -2.14. The highest BCUT2D eigenvalue weighted by Crippen LogP contribution is 2.52. The van der Waals surface area contributed by atoms with Crippen molar-refractivity contribution in [1.82, 2.24) is 0 Å². The third kappa shape index (κ3) is 2.93. The lowest BCUT2D eigenvalue weighted by molar-refractivity contribution is 0.0191. The maximum absolute atomic E-state index is 10.1. The van der Waals surface area contributed by atoms with Crippen molar-refractivity contribution in [2.24, 2.45) is 11.8 Å². The van der Waals surface area contributed by atoms with E-state index in [1.165, 1.54) is 26.4 Å². The van der Waals surface area contributed by atoms with Crippen molar-refractivity contribution in [2.75, 3.05) is 27.4 Å². The summed E-state index contributed by atoms with van der Waals surface area (Å²) in [6.07, 6.45) is -0.429. The lowest BCUT2D eigenvalue weighted by atomic mass is 9.85. The van der Waals surface area contributed by atoms with Gasteiger partial charge in [0.05, 0.1) is 39.6 Å². The first-order valence-electron chi connectivity index (χ1n) is 8.73. The maximum atomic E-state index is 10.1. The average Bonchev–Trinajstić information content (AvgIpc) is 3.26. The Bertz CT molecular complexity index is 825. The highest BCUT2D eigenvalue weighted by Gasteiger charge is 2.48. The molecule has 0 bridgehead atoms. The molecule has 2 saturated heterocycles. The Labute approximate surface area is 156 Å². The number of methoxy groups -OCH3 is 2. The van der Waals surface area contributed by atoms with Crippen LogP contribution in [0.3, 0.4) is 0 Å². The maximum Gasteiger partial charge on any atom is 0.200 e. The summed E-state index contributed by atoms with van der Waals surface area (Å²) in [5.41, 5.74) is 1.66. The zero-order chi connectivity index (χ0) is 19.1. The van der Waals surface area contributed by atoms with E-state index < -0.39 is 0 Å². The second-order valence-electron chi connectivity index (χ2n) is 6.86. The number of hydrogen-bond acceptors (Lipinski definition) is 7. The number of rotatable bonds is 4. The molecular weight excluding hydrogens is 352 g/mol. The minimum atomic E-state index is -0.215. The van der Waals surface area contributed by atoms with Crippen molar-refractivity contribution in [1.29, 1.82) is 0 Å². The molecule has 7 nitrogen and oxygen atoms in total. The monoisotopic (exact) mass is 374 g/mol. The molecule has 2 unspecified atom stereocenters. The van der Waals surface area contributed by atoms with E-state index in [-0.39, 0.29) is 41.3 Å². The molecule has 4 atom stereocenters. The number of fused-ring (bicyclic) bond motifs is 1. The van der Waals surface area contributed by atoms with Gasteiger partial charge < -0.3 is 34.3 Å². The van der Waals surface area contributed by atoms with E-state index in [9.17, 15) is 15.3 Å². The molecule has 0 radical (unpaired) electrons. The quantitative estimate of drug-likeness (QED) is 0.708. The molecule has 2 heterocycles. The molecule has 0 spiro atoms. The number of phenolic OH excluding ortho intramolecular Hbond substituents is 3. The van der Waals surface area contributed by atoms with Crippen molar-refractivity contribution in [3.8, 4) is 28.7 Å². The van der Waals surface area contributed by atoms with Crippen molar-refractivity contribution >= 4 is 0 Å². The van der Waals surface area contributed by atoms with Gasteiger partial charge in [-0.3, -0.25) is 0 Å². The van der Waals surface area contributed by atoms with Crippen LogP contribution < -0.4 is 9.47 Å². The minimum absolute atomic E-state index is 0.0431.